The maximum Gasteiger partial charge on any atom is 0.263 e. The van der Waals surface area contributed by atoms with Crippen LogP contribution in [0.25, 0.3) is 11.0 Å². The summed E-state index contributed by atoms with van der Waals surface area (Å²) in [4.78, 5) is 36.8. The molecule has 1 aliphatic carbocycles. The molecule has 2 aromatic heterocycles. The van der Waals surface area contributed by atoms with E-state index >= 15 is 0 Å². The van der Waals surface area contributed by atoms with Gasteiger partial charge in [-0.1, -0.05) is 6.92 Å². The first-order chi connectivity index (χ1) is 12.2. The predicted octanol–water partition coefficient (Wildman–Crippen LogP) is 2.24. The molecule has 1 aliphatic heterocycles. The van der Waals surface area contributed by atoms with Gasteiger partial charge < -0.3 is 4.90 Å². The summed E-state index contributed by atoms with van der Waals surface area (Å²) < 4.78 is 1.51. The number of hydrogen-bond donors (Lipinski definition) is 0. The summed E-state index contributed by atoms with van der Waals surface area (Å²) in [6.45, 7) is 3.53. The van der Waals surface area contributed by atoms with E-state index in [4.69, 9.17) is 0 Å². The van der Waals surface area contributed by atoms with Crippen molar-refractivity contribution >= 4 is 16.9 Å². The molecule has 2 aliphatic rings. The number of fused-ring (bicyclic) bond motifs is 2. The van der Waals surface area contributed by atoms with Crippen LogP contribution in [-0.2, 0) is 17.6 Å². The van der Waals surface area contributed by atoms with Crippen molar-refractivity contribution in [3.63, 3.8) is 0 Å². The van der Waals surface area contributed by atoms with Gasteiger partial charge in [0.15, 0.2) is 5.65 Å². The Morgan fingerprint density at radius 1 is 1.20 bits per heavy atom. The molecule has 2 aromatic rings. The van der Waals surface area contributed by atoms with E-state index in [0.717, 1.165) is 62.9 Å². The highest BCUT2D eigenvalue weighted by atomic mass is 16.2. The maximum absolute atomic E-state index is 13.0. The first-order valence-electron chi connectivity index (χ1n) is 9.37. The van der Waals surface area contributed by atoms with Crippen LogP contribution in [0.4, 0.5) is 0 Å². The van der Waals surface area contributed by atoms with Gasteiger partial charge >= 0.3 is 0 Å². The van der Waals surface area contributed by atoms with Crippen molar-refractivity contribution in [1.82, 2.24) is 19.4 Å². The van der Waals surface area contributed by atoms with Gasteiger partial charge in [0, 0.05) is 18.8 Å². The molecule has 0 spiro atoms. The van der Waals surface area contributed by atoms with E-state index in [1.807, 2.05) is 17.9 Å². The molecule has 0 N–H and O–H groups in total. The topological polar surface area (TPSA) is 68.1 Å². The molecule has 0 aromatic carbocycles. The van der Waals surface area contributed by atoms with Crippen molar-refractivity contribution in [2.24, 2.45) is 0 Å². The molecule has 25 heavy (non-hydrogen) atoms. The predicted molar refractivity (Wildman–Crippen MR) is 95.6 cm³/mol. The number of amides is 1. The van der Waals surface area contributed by atoms with Crippen molar-refractivity contribution in [3.05, 3.63) is 34.0 Å². The lowest BCUT2D eigenvalue weighted by molar-refractivity contribution is -0.133. The average molecular weight is 340 g/mol. The number of nitrogens with zero attached hydrogens (tertiary/aromatic N) is 4. The second-order valence-electron chi connectivity index (χ2n) is 7.09. The van der Waals surface area contributed by atoms with E-state index in [1.54, 1.807) is 0 Å². The zero-order chi connectivity index (χ0) is 17.4. The lowest BCUT2D eigenvalue weighted by atomic mass is 9.95. The van der Waals surface area contributed by atoms with Crippen LogP contribution in [0.5, 0.6) is 0 Å². The molecule has 6 nitrogen and oxygen atoms in total. The molecule has 4 rings (SSSR count). The van der Waals surface area contributed by atoms with E-state index in [-0.39, 0.29) is 11.5 Å². The summed E-state index contributed by atoms with van der Waals surface area (Å²) >= 11 is 0. The van der Waals surface area contributed by atoms with Crippen molar-refractivity contribution in [2.75, 3.05) is 13.1 Å². The minimum Gasteiger partial charge on any atom is -0.341 e. The largest absolute Gasteiger partial charge is 0.341 e. The molecular formula is C19H24N4O2. The second-order valence-corrected chi connectivity index (χ2v) is 7.09. The Kier molecular flexibility index (Phi) is 4.27. The molecule has 1 saturated heterocycles. The first-order valence-corrected chi connectivity index (χ1v) is 9.37. The highest BCUT2D eigenvalue weighted by molar-refractivity contribution is 5.81. The molecular weight excluding hydrogens is 316 g/mol. The zero-order valence-corrected chi connectivity index (χ0v) is 14.7. The van der Waals surface area contributed by atoms with Crippen LogP contribution in [0.1, 0.15) is 56.3 Å². The van der Waals surface area contributed by atoms with Crippen LogP contribution in [0.15, 0.2) is 17.2 Å². The van der Waals surface area contributed by atoms with E-state index in [1.165, 1.54) is 10.9 Å². The normalized spacial score (nSPS) is 18.4. The van der Waals surface area contributed by atoms with Crippen molar-refractivity contribution < 1.29 is 4.79 Å². The van der Waals surface area contributed by atoms with E-state index in [9.17, 15) is 9.59 Å². The smallest absolute Gasteiger partial charge is 0.263 e. The number of aromatic nitrogens is 3. The fraction of sp³-hybridized carbons (Fsp3) is 0.579. The Morgan fingerprint density at radius 2 is 1.96 bits per heavy atom. The third-order valence-electron chi connectivity index (χ3n) is 5.48. The van der Waals surface area contributed by atoms with Crippen LogP contribution >= 0.6 is 0 Å². The second kappa shape index (κ2) is 6.58. The van der Waals surface area contributed by atoms with Gasteiger partial charge in [0.2, 0.25) is 5.91 Å². The molecule has 0 bridgehead atoms. The number of carbonyl (C=O) groups excluding carboxylic acids is 1. The number of rotatable bonds is 3. The molecule has 1 amide bonds. The Labute approximate surface area is 146 Å². The summed E-state index contributed by atoms with van der Waals surface area (Å²) in [6.07, 6.45) is 8.39. The summed E-state index contributed by atoms with van der Waals surface area (Å²) in [5.41, 5.74) is 2.59. The van der Waals surface area contributed by atoms with Crippen LogP contribution in [0.2, 0.25) is 0 Å². The van der Waals surface area contributed by atoms with Crippen LogP contribution < -0.4 is 5.56 Å². The van der Waals surface area contributed by atoms with Crippen molar-refractivity contribution in [3.8, 4) is 0 Å². The Morgan fingerprint density at radius 3 is 2.72 bits per heavy atom. The lowest BCUT2D eigenvalue weighted by Crippen LogP contribution is -2.39. The molecule has 0 radical (unpaired) electrons. The van der Waals surface area contributed by atoms with Gasteiger partial charge in [-0.15, -0.1) is 0 Å². The third-order valence-corrected chi connectivity index (χ3v) is 5.48. The van der Waals surface area contributed by atoms with Gasteiger partial charge in [-0.25, -0.2) is 9.97 Å². The third kappa shape index (κ3) is 2.83. The summed E-state index contributed by atoms with van der Waals surface area (Å²) in [5, 5.41) is 0.538. The van der Waals surface area contributed by atoms with Gasteiger partial charge in [0.05, 0.1) is 5.39 Å². The van der Waals surface area contributed by atoms with Crippen LogP contribution in [-0.4, -0.2) is 38.4 Å². The SMILES string of the molecule is CC[C@@H](C(=O)N1CCCC1)n1cnc2nc3c(cc2c1=O)CCCC3. The monoisotopic (exact) mass is 340 g/mol. The fourth-order valence-electron chi connectivity index (χ4n) is 4.05. The molecule has 1 fully saturated rings. The van der Waals surface area contributed by atoms with Gasteiger partial charge in [0.25, 0.3) is 5.56 Å². The molecule has 1 atom stereocenters. The maximum atomic E-state index is 13.0. The molecule has 0 saturated carbocycles. The van der Waals surface area contributed by atoms with E-state index < -0.39 is 6.04 Å². The number of carbonyl (C=O) groups is 1. The number of hydrogen-bond acceptors (Lipinski definition) is 4. The molecule has 6 heteroatoms. The summed E-state index contributed by atoms with van der Waals surface area (Å²) in [7, 11) is 0. The fourth-order valence-corrected chi connectivity index (χ4v) is 4.05. The minimum atomic E-state index is -0.474. The molecule has 0 unspecified atom stereocenters. The minimum absolute atomic E-state index is 0.0363. The van der Waals surface area contributed by atoms with E-state index in [2.05, 4.69) is 9.97 Å². The Balaban J connectivity index is 1.77. The van der Waals surface area contributed by atoms with Gasteiger partial charge in [0.1, 0.15) is 12.4 Å². The van der Waals surface area contributed by atoms with E-state index in [0.29, 0.717) is 17.5 Å². The molecule has 132 valence electrons. The van der Waals surface area contributed by atoms with Gasteiger partial charge in [-0.05, 0) is 56.6 Å². The highest BCUT2D eigenvalue weighted by Gasteiger charge is 2.28. The first kappa shape index (κ1) is 16.2. The van der Waals surface area contributed by atoms with Crippen LogP contribution in [0.3, 0.4) is 0 Å². The average Bonchev–Trinajstić information content (AvgIpc) is 3.17. The van der Waals surface area contributed by atoms with Gasteiger partial charge in [-0.3, -0.25) is 14.2 Å². The lowest BCUT2D eigenvalue weighted by Gasteiger charge is -2.24. The Bertz CT molecular complexity index is 868. The van der Waals surface area contributed by atoms with Crippen molar-refractivity contribution in [1.29, 1.82) is 0 Å². The summed E-state index contributed by atoms with van der Waals surface area (Å²) in [5.74, 6) is 0.0363. The highest BCUT2D eigenvalue weighted by Crippen LogP contribution is 2.23. The standard InChI is InChI=1S/C19H24N4O2/c1-2-16(19(25)22-9-5-6-10-22)23-12-20-17-14(18(23)24)11-13-7-3-4-8-15(13)21-17/h11-12,16H,2-10H2,1H3/t16-/m0/s1. The molecule has 3 heterocycles. The van der Waals surface area contributed by atoms with Gasteiger partial charge in [-0.2, -0.15) is 0 Å². The number of pyridine rings is 1. The number of likely N-dealkylation sites (tertiary alicyclic amines) is 1. The zero-order valence-electron chi connectivity index (χ0n) is 14.7. The summed E-state index contributed by atoms with van der Waals surface area (Å²) in [6, 6.07) is 1.48. The Hall–Kier alpha value is -2.24. The quantitative estimate of drug-likeness (QED) is 0.859. The van der Waals surface area contributed by atoms with Crippen LogP contribution in [0, 0.1) is 0 Å². The van der Waals surface area contributed by atoms with Crippen molar-refractivity contribution in [2.45, 2.75) is 57.9 Å². The number of aryl methyl sites for hydroxylation is 2.